The number of Topliss-reactive ketones (excluding diaryl/α,β-unsaturated/α-hetero) is 2. The number of aliphatic imine (C=N–C) groups is 1. The molecule has 0 atom stereocenters. The second-order valence-electron chi connectivity index (χ2n) is 6.67. The Hall–Kier alpha value is -2.03. The van der Waals surface area contributed by atoms with Crippen LogP contribution in [0.4, 0.5) is 0 Å². The average Bonchev–Trinajstić information content (AvgIpc) is 2.43. The lowest BCUT2D eigenvalue weighted by molar-refractivity contribution is -0.136. The van der Waals surface area contributed by atoms with Crippen LogP contribution in [0, 0.1) is 11.3 Å². The Kier molecular flexibility index (Phi) is 5.07. The second kappa shape index (κ2) is 6.82. The van der Waals surface area contributed by atoms with Gasteiger partial charge in [0.1, 0.15) is 17.5 Å². The molecular formula is C19H23NO2. The third kappa shape index (κ3) is 4.00. The zero-order valence-corrected chi connectivity index (χ0v) is 13.3. The fourth-order valence-corrected chi connectivity index (χ4v) is 3.00. The van der Waals surface area contributed by atoms with Gasteiger partial charge in [0.15, 0.2) is 0 Å². The summed E-state index contributed by atoms with van der Waals surface area (Å²) in [6, 6.07) is 9.84. The highest BCUT2D eigenvalue weighted by Gasteiger charge is 2.41. The number of rotatable bonds is 5. The van der Waals surface area contributed by atoms with Crippen LogP contribution in [0.1, 0.15) is 32.3 Å². The zero-order valence-electron chi connectivity index (χ0n) is 13.3. The minimum Gasteiger partial charge on any atom is -0.298 e. The van der Waals surface area contributed by atoms with Gasteiger partial charge in [-0.05, 0) is 11.0 Å². The van der Waals surface area contributed by atoms with Gasteiger partial charge >= 0.3 is 0 Å². The Balaban J connectivity index is 2.27. The van der Waals surface area contributed by atoms with Crippen LogP contribution in [-0.4, -0.2) is 23.8 Å². The zero-order chi connectivity index (χ0) is 16.2. The maximum absolute atomic E-state index is 12.5. The predicted octanol–water partition coefficient (Wildman–Crippen LogP) is 3.43. The number of hydrogen-bond donors (Lipinski definition) is 0. The van der Waals surface area contributed by atoms with Gasteiger partial charge in [-0.15, -0.1) is 6.58 Å². The van der Waals surface area contributed by atoms with Crippen LogP contribution >= 0.6 is 0 Å². The van der Waals surface area contributed by atoms with Gasteiger partial charge in [0.25, 0.3) is 0 Å². The smallest absolute Gasteiger partial charge is 0.149 e. The topological polar surface area (TPSA) is 46.5 Å². The van der Waals surface area contributed by atoms with E-state index in [1.165, 1.54) is 0 Å². The molecule has 1 fully saturated rings. The van der Waals surface area contributed by atoms with E-state index in [4.69, 9.17) is 0 Å². The Morgan fingerprint density at radius 3 is 2.36 bits per heavy atom. The lowest BCUT2D eigenvalue weighted by Crippen LogP contribution is -2.42. The summed E-state index contributed by atoms with van der Waals surface area (Å²) >= 11 is 0. The molecule has 1 aromatic rings. The highest BCUT2D eigenvalue weighted by molar-refractivity contribution is 6.22. The first-order valence-corrected chi connectivity index (χ1v) is 7.66. The van der Waals surface area contributed by atoms with Crippen molar-refractivity contribution in [3.8, 4) is 0 Å². The van der Waals surface area contributed by atoms with Crippen molar-refractivity contribution in [1.82, 2.24) is 0 Å². The highest BCUT2D eigenvalue weighted by Crippen LogP contribution is 2.34. The Morgan fingerprint density at radius 1 is 1.23 bits per heavy atom. The van der Waals surface area contributed by atoms with Crippen molar-refractivity contribution in [2.45, 2.75) is 33.1 Å². The molecule has 2 rings (SSSR count). The van der Waals surface area contributed by atoms with Gasteiger partial charge in [-0.25, -0.2) is 0 Å². The first-order valence-electron chi connectivity index (χ1n) is 7.66. The van der Waals surface area contributed by atoms with Crippen molar-refractivity contribution in [1.29, 1.82) is 0 Å². The molecule has 1 aliphatic carbocycles. The van der Waals surface area contributed by atoms with Crippen LogP contribution < -0.4 is 0 Å². The van der Waals surface area contributed by atoms with Crippen LogP contribution in [0.5, 0.6) is 0 Å². The summed E-state index contributed by atoms with van der Waals surface area (Å²) in [5, 5.41) is 0. The van der Waals surface area contributed by atoms with Gasteiger partial charge in [0.2, 0.25) is 0 Å². The quantitative estimate of drug-likeness (QED) is 0.475. The van der Waals surface area contributed by atoms with Crippen LogP contribution in [0.15, 0.2) is 48.0 Å². The predicted molar refractivity (Wildman–Crippen MR) is 89.2 cm³/mol. The van der Waals surface area contributed by atoms with Gasteiger partial charge < -0.3 is 0 Å². The number of carbonyl (C=O) groups excluding carboxylic acids is 2. The molecule has 3 heteroatoms. The van der Waals surface area contributed by atoms with Crippen molar-refractivity contribution < 1.29 is 9.59 Å². The van der Waals surface area contributed by atoms with E-state index in [1.807, 2.05) is 44.2 Å². The first-order chi connectivity index (χ1) is 10.4. The molecule has 3 nitrogen and oxygen atoms in total. The van der Waals surface area contributed by atoms with E-state index in [9.17, 15) is 9.59 Å². The lowest BCUT2D eigenvalue weighted by atomic mass is 9.69. The number of hydrogen-bond acceptors (Lipinski definition) is 3. The third-order valence-corrected chi connectivity index (χ3v) is 3.93. The van der Waals surface area contributed by atoms with E-state index in [0.717, 1.165) is 5.56 Å². The lowest BCUT2D eigenvalue weighted by Gasteiger charge is -2.32. The van der Waals surface area contributed by atoms with Gasteiger partial charge in [0.05, 0.1) is 6.54 Å². The molecule has 0 aliphatic heterocycles. The molecule has 0 radical (unpaired) electrons. The normalized spacial score (nSPS) is 19.3. The Morgan fingerprint density at radius 2 is 1.82 bits per heavy atom. The first kappa shape index (κ1) is 16.3. The van der Waals surface area contributed by atoms with Crippen molar-refractivity contribution in [3.05, 3.63) is 48.6 Å². The Labute approximate surface area is 132 Å². The van der Waals surface area contributed by atoms with E-state index >= 15 is 0 Å². The van der Waals surface area contributed by atoms with E-state index in [1.54, 1.807) is 6.08 Å². The van der Waals surface area contributed by atoms with Gasteiger partial charge in [-0.1, -0.05) is 50.3 Å². The molecule has 116 valence electrons. The van der Waals surface area contributed by atoms with Crippen molar-refractivity contribution in [3.63, 3.8) is 0 Å². The summed E-state index contributed by atoms with van der Waals surface area (Å²) in [6.07, 6.45) is 3.10. The number of ketones is 2. The molecule has 0 spiro atoms. The molecular weight excluding hydrogens is 274 g/mol. The van der Waals surface area contributed by atoms with Crippen molar-refractivity contribution >= 4 is 17.3 Å². The standard InChI is InChI=1S/C19H23NO2/c1-4-10-20-15(11-14-8-6-5-7-9-14)18-16(21)12-19(2,3)13-17(18)22/h4-9,18H,1,10-13H2,2-3H3. The summed E-state index contributed by atoms with van der Waals surface area (Å²) in [7, 11) is 0. The van der Waals surface area contributed by atoms with Crippen LogP contribution in [-0.2, 0) is 16.0 Å². The van der Waals surface area contributed by atoms with Gasteiger partial charge in [-0.2, -0.15) is 0 Å². The highest BCUT2D eigenvalue weighted by atomic mass is 16.2. The minimum absolute atomic E-state index is 0.00000614. The van der Waals surface area contributed by atoms with E-state index in [-0.39, 0.29) is 17.0 Å². The molecule has 0 amide bonds. The molecule has 0 N–H and O–H groups in total. The fraction of sp³-hybridized carbons (Fsp3) is 0.421. The third-order valence-electron chi connectivity index (χ3n) is 3.93. The van der Waals surface area contributed by atoms with Gasteiger partial charge in [0, 0.05) is 25.0 Å². The maximum Gasteiger partial charge on any atom is 0.149 e. The average molecular weight is 297 g/mol. The maximum atomic E-state index is 12.5. The van der Waals surface area contributed by atoms with Gasteiger partial charge in [-0.3, -0.25) is 14.6 Å². The largest absolute Gasteiger partial charge is 0.298 e. The molecule has 22 heavy (non-hydrogen) atoms. The monoisotopic (exact) mass is 297 g/mol. The second-order valence-corrected chi connectivity index (χ2v) is 6.67. The number of benzene rings is 1. The molecule has 0 saturated heterocycles. The summed E-state index contributed by atoms with van der Waals surface area (Å²) in [5.41, 5.74) is 1.51. The van der Waals surface area contributed by atoms with Crippen molar-refractivity contribution in [2.75, 3.05) is 6.54 Å². The molecule has 1 saturated carbocycles. The van der Waals surface area contributed by atoms with Crippen LogP contribution in [0.3, 0.4) is 0 Å². The van der Waals surface area contributed by atoms with E-state index in [0.29, 0.717) is 31.5 Å². The minimum atomic E-state index is -0.673. The molecule has 0 heterocycles. The molecule has 0 bridgehead atoms. The molecule has 1 aromatic carbocycles. The van der Waals surface area contributed by atoms with E-state index < -0.39 is 5.92 Å². The SMILES string of the molecule is C=CCN=C(Cc1ccccc1)C1C(=O)CC(C)(C)CC1=O. The molecule has 0 aromatic heterocycles. The summed E-state index contributed by atoms with van der Waals surface area (Å²) < 4.78 is 0. The number of carbonyl (C=O) groups is 2. The molecule has 0 unspecified atom stereocenters. The summed E-state index contributed by atoms with van der Waals surface area (Å²) in [5.74, 6) is -0.673. The summed E-state index contributed by atoms with van der Waals surface area (Å²) in [6.45, 7) is 8.04. The van der Waals surface area contributed by atoms with Crippen LogP contribution in [0.25, 0.3) is 0 Å². The number of nitrogens with zero attached hydrogens (tertiary/aromatic N) is 1. The summed E-state index contributed by atoms with van der Waals surface area (Å²) in [4.78, 5) is 29.4. The van der Waals surface area contributed by atoms with E-state index in [2.05, 4.69) is 11.6 Å². The molecule has 1 aliphatic rings. The Bertz CT molecular complexity index is 579. The van der Waals surface area contributed by atoms with Crippen LogP contribution in [0.2, 0.25) is 0 Å². The van der Waals surface area contributed by atoms with Crippen molar-refractivity contribution in [2.24, 2.45) is 16.3 Å². The fourth-order valence-electron chi connectivity index (χ4n) is 3.00.